The summed E-state index contributed by atoms with van der Waals surface area (Å²) in [6.07, 6.45) is 2.26. The van der Waals surface area contributed by atoms with Crippen molar-refractivity contribution in [1.29, 1.82) is 0 Å². The standard InChI is InChI=1S/C34H43N3O4/c1-7-40-31-16-13-24(23-37-19-17-27(18-20-37)36(5)6)21-29(31)32(38)35-30-22-26(25-11-9-8-10-12-25)14-15-28(30)33(39)41-34(2,3)4/h8-16,21-22,27H,7,17-20,23H2,1-6H3,(H,35,38). The average molecular weight is 558 g/mol. The number of carbonyl (C=O) groups excluding carboxylic acids is 2. The second-order valence-electron chi connectivity index (χ2n) is 11.8. The first-order valence-electron chi connectivity index (χ1n) is 14.4. The number of rotatable bonds is 9. The van der Waals surface area contributed by atoms with Crippen LogP contribution in [0, 0.1) is 0 Å². The molecule has 41 heavy (non-hydrogen) atoms. The number of nitrogens with one attached hydrogen (secondary N) is 1. The number of hydrogen-bond acceptors (Lipinski definition) is 6. The molecule has 1 amide bonds. The normalized spacial score (nSPS) is 14.6. The number of esters is 1. The lowest BCUT2D eigenvalue weighted by Gasteiger charge is -2.35. The van der Waals surface area contributed by atoms with Gasteiger partial charge in [0.2, 0.25) is 0 Å². The minimum atomic E-state index is -0.673. The van der Waals surface area contributed by atoms with Crippen molar-refractivity contribution in [2.75, 3.05) is 39.1 Å². The summed E-state index contributed by atoms with van der Waals surface area (Å²) in [5.41, 5.74) is 3.37. The van der Waals surface area contributed by atoms with Crippen LogP contribution in [-0.2, 0) is 11.3 Å². The van der Waals surface area contributed by atoms with Crippen LogP contribution >= 0.6 is 0 Å². The van der Waals surface area contributed by atoms with Crippen molar-refractivity contribution in [2.24, 2.45) is 0 Å². The van der Waals surface area contributed by atoms with Crippen molar-refractivity contribution >= 4 is 17.6 Å². The van der Waals surface area contributed by atoms with Crippen molar-refractivity contribution in [3.8, 4) is 16.9 Å². The molecule has 0 aromatic heterocycles. The van der Waals surface area contributed by atoms with Crippen LogP contribution in [0.2, 0.25) is 0 Å². The smallest absolute Gasteiger partial charge is 0.340 e. The molecule has 1 N–H and O–H groups in total. The predicted molar refractivity (Wildman–Crippen MR) is 165 cm³/mol. The number of nitrogens with zero attached hydrogens (tertiary/aromatic N) is 2. The van der Waals surface area contributed by atoms with Crippen LogP contribution in [0.1, 0.15) is 66.8 Å². The Morgan fingerprint density at radius 3 is 2.27 bits per heavy atom. The summed E-state index contributed by atoms with van der Waals surface area (Å²) < 4.78 is 11.5. The number of amides is 1. The van der Waals surface area contributed by atoms with Gasteiger partial charge in [0.1, 0.15) is 11.4 Å². The zero-order valence-corrected chi connectivity index (χ0v) is 25.2. The molecular weight excluding hydrogens is 514 g/mol. The molecule has 1 aliphatic rings. The van der Waals surface area contributed by atoms with Crippen LogP contribution in [0.15, 0.2) is 66.7 Å². The molecule has 0 unspecified atom stereocenters. The summed E-state index contributed by atoms with van der Waals surface area (Å²) >= 11 is 0. The zero-order chi connectivity index (χ0) is 29.6. The predicted octanol–water partition coefficient (Wildman–Crippen LogP) is 6.49. The molecule has 4 rings (SSSR count). The first-order chi connectivity index (χ1) is 19.5. The molecule has 0 radical (unpaired) electrons. The maximum atomic E-state index is 13.8. The van der Waals surface area contributed by atoms with Gasteiger partial charge in [-0.3, -0.25) is 9.69 Å². The average Bonchev–Trinajstić information content (AvgIpc) is 2.93. The van der Waals surface area contributed by atoms with Crippen molar-refractivity contribution in [1.82, 2.24) is 9.80 Å². The molecule has 7 nitrogen and oxygen atoms in total. The van der Waals surface area contributed by atoms with E-state index in [9.17, 15) is 9.59 Å². The van der Waals surface area contributed by atoms with Crippen LogP contribution in [0.3, 0.4) is 0 Å². The van der Waals surface area contributed by atoms with Gasteiger partial charge < -0.3 is 19.7 Å². The lowest BCUT2D eigenvalue weighted by Crippen LogP contribution is -2.41. The van der Waals surface area contributed by atoms with E-state index in [1.54, 1.807) is 6.07 Å². The first kappa shape index (κ1) is 30.3. The Hall–Kier alpha value is -3.68. The summed E-state index contributed by atoms with van der Waals surface area (Å²) in [5, 5.41) is 3.01. The van der Waals surface area contributed by atoms with Crippen molar-refractivity contribution in [3.63, 3.8) is 0 Å². The second kappa shape index (κ2) is 13.3. The minimum absolute atomic E-state index is 0.297. The molecule has 3 aromatic rings. The van der Waals surface area contributed by atoms with E-state index in [-0.39, 0.29) is 5.91 Å². The van der Waals surface area contributed by atoms with Gasteiger partial charge in [-0.25, -0.2) is 4.79 Å². The molecular formula is C34H43N3O4. The first-order valence-corrected chi connectivity index (χ1v) is 14.4. The summed E-state index contributed by atoms with van der Waals surface area (Å²) in [6.45, 7) is 10.6. The minimum Gasteiger partial charge on any atom is -0.493 e. The third kappa shape index (κ3) is 8.18. The SMILES string of the molecule is CCOc1ccc(CN2CCC(N(C)C)CC2)cc1C(=O)Nc1cc(-c2ccccc2)ccc1C(=O)OC(C)(C)C. The fraction of sp³-hybridized carbons (Fsp3) is 0.412. The molecule has 0 saturated carbocycles. The number of anilines is 1. The third-order valence-electron chi connectivity index (χ3n) is 7.28. The molecule has 0 spiro atoms. The molecule has 1 aliphatic heterocycles. The van der Waals surface area contributed by atoms with Crippen LogP contribution in [0.25, 0.3) is 11.1 Å². The van der Waals surface area contributed by atoms with Crippen LogP contribution in [0.4, 0.5) is 5.69 Å². The Labute approximate surface area is 244 Å². The van der Waals surface area contributed by atoms with Gasteiger partial charge in [-0.1, -0.05) is 42.5 Å². The van der Waals surface area contributed by atoms with Crippen molar-refractivity contribution < 1.29 is 19.1 Å². The Morgan fingerprint density at radius 2 is 1.63 bits per heavy atom. The molecule has 7 heteroatoms. The Morgan fingerprint density at radius 1 is 0.927 bits per heavy atom. The van der Waals surface area contributed by atoms with E-state index in [1.807, 2.05) is 88.4 Å². The molecule has 1 saturated heterocycles. The monoisotopic (exact) mass is 557 g/mol. The van der Waals surface area contributed by atoms with Crippen LogP contribution in [-0.4, -0.2) is 67.1 Å². The molecule has 0 aliphatic carbocycles. The van der Waals surface area contributed by atoms with Gasteiger partial charge in [0.15, 0.2) is 0 Å². The van der Waals surface area contributed by atoms with E-state index in [0.717, 1.165) is 49.2 Å². The third-order valence-corrected chi connectivity index (χ3v) is 7.28. The largest absolute Gasteiger partial charge is 0.493 e. The molecule has 218 valence electrons. The summed E-state index contributed by atoms with van der Waals surface area (Å²) in [5.74, 6) is -0.318. The van der Waals surface area contributed by atoms with Gasteiger partial charge in [0.05, 0.1) is 23.4 Å². The molecule has 0 bridgehead atoms. The second-order valence-corrected chi connectivity index (χ2v) is 11.8. The van der Waals surface area contributed by atoms with E-state index in [4.69, 9.17) is 9.47 Å². The molecule has 1 fully saturated rings. The van der Waals surface area contributed by atoms with Gasteiger partial charge in [-0.2, -0.15) is 0 Å². The van der Waals surface area contributed by atoms with Gasteiger partial charge in [-0.05, 0) is 109 Å². The maximum Gasteiger partial charge on any atom is 0.340 e. The van der Waals surface area contributed by atoms with Gasteiger partial charge >= 0.3 is 5.97 Å². The fourth-order valence-electron chi connectivity index (χ4n) is 5.14. The fourth-order valence-corrected chi connectivity index (χ4v) is 5.14. The van der Waals surface area contributed by atoms with Crippen LogP contribution in [0.5, 0.6) is 5.75 Å². The van der Waals surface area contributed by atoms with Gasteiger partial charge in [0, 0.05) is 12.6 Å². The number of carbonyl (C=O) groups is 2. The quantitative estimate of drug-likeness (QED) is 0.304. The Bertz CT molecular complexity index is 1340. The lowest BCUT2D eigenvalue weighted by molar-refractivity contribution is 0.00707. The van der Waals surface area contributed by atoms with Crippen molar-refractivity contribution in [3.05, 3.63) is 83.4 Å². The number of hydrogen-bond donors (Lipinski definition) is 1. The highest BCUT2D eigenvalue weighted by Gasteiger charge is 2.24. The summed E-state index contributed by atoms with van der Waals surface area (Å²) in [4.78, 5) is 31.7. The molecule has 3 aromatic carbocycles. The Balaban J connectivity index is 1.62. The number of piperidine rings is 1. The topological polar surface area (TPSA) is 71.1 Å². The van der Waals surface area contributed by atoms with E-state index >= 15 is 0 Å². The highest BCUT2D eigenvalue weighted by Crippen LogP contribution is 2.30. The van der Waals surface area contributed by atoms with E-state index < -0.39 is 11.6 Å². The zero-order valence-electron chi connectivity index (χ0n) is 25.2. The number of benzene rings is 3. The summed E-state index contributed by atoms with van der Waals surface area (Å²) in [6, 6.07) is 21.7. The van der Waals surface area contributed by atoms with E-state index in [2.05, 4.69) is 29.2 Å². The van der Waals surface area contributed by atoms with Crippen molar-refractivity contribution in [2.45, 2.75) is 58.7 Å². The van der Waals surface area contributed by atoms with E-state index in [1.165, 1.54) is 0 Å². The van der Waals surface area contributed by atoms with E-state index in [0.29, 0.717) is 35.2 Å². The molecule has 1 heterocycles. The van der Waals surface area contributed by atoms with Crippen LogP contribution < -0.4 is 10.1 Å². The maximum absolute atomic E-state index is 13.8. The summed E-state index contributed by atoms with van der Waals surface area (Å²) in [7, 11) is 4.28. The number of ether oxygens (including phenoxy) is 2. The Kier molecular flexibility index (Phi) is 9.84. The van der Waals surface area contributed by atoms with Gasteiger partial charge in [-0.15, -0.1) is 0 Å². The lowest BCUT2D eigenvalue weighted by atomic mass is 10.0. The van der Waals surface area contributed by atoms with Gasteiger partial charge in [0.25, 0.3) is 5.91 Å². The highest BCUT2D eigenvalue weighted by molar-refractivity contribution is 6.10. The molecule has 0 atom stereocenters. The highest BCUT2D eigenvalue weighted by atomic mass is 16.6. The number of likely N-dealkylation sites (tertiary alicyclic amines) is 1.